The van der Waals surface area contributed by atoms with Crippen LogP contribution < -0.4 is 0 Å². The van der Waals surface area contributed by atoms with Gasteiger partial charge in [0.25, 0.3) is 0 Å². The van der Waals surface area contributed by atoms with Crippen LogP contribution in [0.25, 0.3) is 0 Å². The first-order valence-corrected chi connectivity index (χ1v) is 10.4. The highest BCUT2D eigenvalue weighted by Gasteiger charge is 2.39. The highest BCUT2D eigenvalue weighted by Crippen LogP contribution is 2.42. The lowest BCUT2D eigenvalue weighted by Gasteiger charge is -2.50. The Morgan fingerprint density at radius 3 is 2.33 bits per heavy atom. The van der Waals surface area contributed by atoms with E-state index in [1.54, 1.807) is 0 Å². The van der Waals surface area contributed by atoms with E-state index in [9.17, 15) is 0 Å². The fourth-order valence-electron chi connectivity index (χ4n) is 3.40. The van der Waals surface area contributed by atoms with Crippen molar-refractivity contribution < 1.29 is 0 Å². The molecule has 5 heteroatoms. The average molecular weight is 517 g/mol. The van der Waals surface area contributed by atoms with Crippen molar-refractivity contribution in [2.75, 3.05) is 20.6 Å². The molecule has 0 saturated carbocycles. The van der Waals surface area contributed by atoms with E-state index < -0.39 is 0 Å². The third-order valence-corrected chi connectivity index (χ3v) is 6.21. The Hall–Kier alpha value is -0.200. The maximum Gasteiger partial charge on any atom is 0.0371 e. The number of likely N-dealkylation sites (N-methyl/N-ethyl adjacent to an activating group) is 1. The fraction of sp³-hybridized carbons (Fsp3) is 0.368. The number of halogens is 3. The van der Waals surface area contributed by atoms with Gasteiger partial charge in [0.2, 0.25) is 0 Å². The summed E-state index contributed by atoms with van der Waals surface area (Å²) in [5.41, 5.74) is 2.72. The second kappa shape index (κ2) is 8.00. The second-order valence-electron chi connectivity index (χ2n) is 6.63. The van der Waals surface area contributed by atoms with Gasteiger partial charge >= 0.3 is 0 Å². The number of likely N-dealkylation sites (tertiary alicyclic amines) is 1. The maximum absolute atomic E-state index is 3.70. The summed E-state index contributed by atoms with van der Waals surface area (Å²) in [6, 6.07) is 16.2. The molecule has 24 heavy (non-hydrogen) atoms. The Morgan fingerprint density at radius 2 is 1.71 bits per heavy atom. The zero-order chi connectivity index (χ0) is 17.3. The molecule has 2 nitrogen and oxygen atoms in total. The third-order valence-electron chi connectivity index (χ3n) is 4.52. The van der Waals surface area contributed by atoms with Gasteiger partial charge in [0.1, 0.15) is 0 Å². The molecule has 2 aromatic rings. The Bertz CT molecular complexity index is 697. The van der Waals surface area contributed by atoms with Crippen molar-refractivity contribution in [1.29, 1.82) is 0 Å². The van der Waals surface area contributed by atoms with Crippen LogP contribution in [0.2, 0.25) is 0 Å². The van der Waals surface area contributed by atoms with Gasteiger partial charge in [0.05, 0.1) is 0 Å². The largest absolute Gasteiger partial charge is 0.308 e. The Kier molecular flexibility index (Phi) is 6.20. The minimum absolute atomic E-state index is 0.468. The number of rotatable bonds is 5. The van der Waals surface area contributed by atoms with Crippen LogP contribution in [0.5, 0.6) is 0 Å². The van der Waals surface area contributed by atoms with Crippen molar-refractivity contribution in [1.82, 2.24) is 9.80 Å². The van der Waals surface area contributed by atoms with Crippen molar-refractivity contribution >= 4 is 47.8 Å². The molecule has 128 valence electrons. The minimum atomic E-state index is 0.468. The Morgan fingerprint density at radius 1 is 1.04 bits per heavy atom. The molecule has 1 saturated heterocycles. The molecular formula is C19H21Br3N2. The number of hydrogen-bond acceptors (Lipinski definition) is 2. The van der Waals surface area contributed by atoms with Crippen molar-refractivity contribution in [3.8, 4) is 0 Å². The summed E-state index contributed by atoms with van der Waals surface area (Å²) in [6.45, 7) is 2.06. The molecule has 0 aromatic heterocycles. The molecular weight excluding hydrogens is 496 g/mol. The monoisotopic (exact) mass is 514 g/mol. The molecule has 2 unspecified atom stereocenters. The molecule has 0 amide bonds. The SMILES string of the molecule is CN(C)CC1CC(c2cc(Br)cc(Br)c2)N1Cc1ccccc1Br. The van der Waals surface area contributed by atoms with Crippen LogP contribution in [-0.2, 0) is 6.54 Å². The minimum Gasteiger partial charge on any atom is -0.308 e. The van der Waals surface area contributed by atoms with Crippen molar-refractivity contribution in [2.24, 2.45) is 0 Å². The molecule has 1 heterocycles. The van der Waals surface area contributed by atoms with Crippen molar-refractivity contribution in [2.45, 2.75) is 25.0 Å². The topological polar surface area (TPSA) is 6.48 Å². The number of nitrogens with zero attached hydrogens (tertiary/aromatic N) is 2. The number of benzene rings is 2. The summed E-state index contributed by atoms with van der Waals surface area (Å²) in [6.07, 6.45) is 1.20. The third kappa shape index (κ3) is 4.31. The summed E-state index contributed by atoms with van der Waals surface area (Å²) < 4.78 is 3.45. The molecule has 1 aliphatic rings. The number of hydrogen-bond donors (Lipinski definition) is 0. The van der Waals surface area contributed by atoms with E-state index in [1.807, 2.05) is 0 Å². The van der Waals surface area contributed by atoms with Crippen LogP contribution >= 0.6 is 47.8 Å². The first-order valence-electron chi connectivity index (χ1n) is 8.04. The first-order chi connectivity index (χ1) is 11.4. The van der Waals surface area contributed by atoms with Gasteiger partial charge in [0, 0.05) is 38.6 Å². The van der Waals surface area contributed by atoms with Gasteiger partial charge in [-0.05, 0) is 55.9 Å². The molecule has 0 aliphatic carbocycles. The van der Waals surface area contributed by atoms with E-state index in [4.69, 9.17) is 0 Å². The summed E-state index contributed by atoms with van der Waals surface area (Å²) in [5, 5.41) is 0. The van der Waals surface area contributed by atoms with Gasteiger partial charge in [-0.1, -0.05) is 66.0 Å². The Balaban J connectivity index is 1.85. The predicted octanol–water partition coefficient (Wildman–Crippen LogP) is 5.85. The van der Waals surface area contributed by atoms with Gasteiger partial charge in [-0.25, -0.2) is 0 Å². The van der Waals surface area contributed by atoms with Crippen LogP contribution in [0.1, 0.15) is 23.6 Å². The molecule has 0 spiro atoms. The highest BCUT2D eigenvalue weighted by atomic mass is 79.9. The normalized spacial score (nSPS) is 21.1. The first kappa shape index (κ1) is 18.6. The van der Waals surface area contributed by atoms with E-state index in [2.05, 4.69) is 114 Å². The van der Waals surface area contributed by atoms with Crippen LogP contribution in [-0.4, -0.2) is 36.5 Å². The molecule has 2 aromatic carbocycles. The summed E-state index contributed by atoms with van der Waals surface area (Å²) >= 11 is 10.9. The zero-order valence-corrected chi connectivity index (χ0v) is 18.6. The molecule has 0 bridgehead atoms. The quantitative estimate of drug-likeness (QED) is 0.492. The average Bonchev–Trinajstić information content (AvgIpc) is 2.49. The fourth-order valence-corrected chi connectivity index (χ4v) is 5.14. The van der Waals surface area contributed by atoms with Gasteiger partial charge in [0.15, 0.2) is 0 Å². The molecule has 0 N–H and O–H groups in total. The summed E-state index contributed by atoms with van der Waals surface area (Å²) in [7, 11) is 4.30. The summed E-state index contributed by atoms with van der Waals surface area (Å²) in [5.74, 6) is 0. The van der Waals surface area contributed by atoms with E-state index >= 15 is 0 Å². The standard InChI is InChI=1S/C19H21Br3N2/c1-23(2)12-17-10-19(14-7-15(20)9-16(21)8-14)24(17)11-13-5-3-4-6-18(13)22/h3-9,17,19H,10-12H2,1-2H3. The van der Waals surface area contributed by atoms with Crippen molar-refractivity contribution in [3.05, 3.63) is 67.0 Å². The molecule has 2 atom stereocenters. The summed E-state index contributed by atoms with van der Waals surface area (Å²) in [4.78, 5) is 4.90. The lowest BCUT2D eigenvalue weighted by atomic mass is 9.86. The van der Waals surface area contributed by atoms with Gasteiger partial charge < -0.3 is 4.90 Å². The van der Waals surface area contributed by atoms with Gasteiger partial charge in [-0.15, -0.1) is 0 Å². The second-order valence-corrected chi connectivity index (χ2v) is 9.32. The van der Waals surface area contributed by atoms with Crippen LogP contribution in [0.15, 0.2) is 55.9 Å². The Labute approximate surface area is 169 Å². The van der Waals surface area contributed by atoms with E-state index in [1.165, 1.54) is 22.0 Å². The van der Waals surface area contributed by atoms with E-state index in [0.717, 1.165) is 22.0 Å². The molecule has 1 aliphatic heterocycles. The molecule has 1 fully saturated rings. The van der Waals surface area contributed by atoms with E-state index in [-0.39, 0.29) is 0 Å². The van der Waals surface area contributed by atoms with Gasteiger partial charge in [-0.3, -0.25) is 4.90 Å². The maximum atomic E-state index is 3.70. The van der Waals surface area contributed by atoms with Crippen LogP contribution in [0, 0.1) is 0 Å². The highest BCUT2D eigenvalue weighted by molar-refractivity contribution is 9.11. The molecule has 0 radical (unpaired) electrons. The van der Waals surface area contributed by atoms with Gasteiger partial charge in [-0.2, -0.15) is 0 Å². The predicted molar refractivity (Wildman–Crippen MR) is 111 cm³/mol. The van der Waals surface area contributed by atoms with E-state index in [0.29, 0.717) is 12.1 Å². The van der Waals surface area contributed by atoms with Crippen LogP contribution in [0.4, 0.5) is 0 Å². The van der Waals surface area contributed by atoms with Crippen molar-refractivity contribution in [3.63, 3.8) is 0 Å². The lowest BCUT2D eigenvalue weighted by molar-refractivity contribution is -0.00813. The molecule has 3 rings (SSSR count). The smallest absolute Gasteiger partial charge is 0.0371 e. The van der Waals surface area contributed by atoms with Crippen LogP contribution in [0.3, 0.4) is 0 Å². The lowest BCUT2D eigenvalue weighted by Crippen LogP contribution is -2.53. The zero-order valence-electron chi connectivity index (χ0n) is 13.8.